The molecule has 0 aromatic heterocycles. The number of aliphatic hydroxyl groups excluding tert-OH is 1. The van der Waals surface area contributed by atoms with E-state index in [0.717, 1.165) is 11.3 Å². The highest BCUT2D eigenvalue weighted by Crippen LogP contribution is 2.27. The lowest BCUT2D eigenvalue weighted by Crippen LogP contribution is -2.12. The van der Waals surface area contributed by atoms with Gasteiger partial charge in [-0.2, -0.15) is 0 Å². The van der Waals surface area contributed by atoms with E-state index in [1.54, 1.807) is 31.4 Å². The Labute approximate surface area is 132 Å². The molecule has 0 radical (unpaired) electrons. The summed E-state index contributed by atoms with van der Waals surface area (Å²) in [5.74, 6) is 0.0654. The molecule has 2 rings (SSSR count). The van der Waals surface area contributed by atoms with Crippen molar-refractivity contribution in [2.45, 2.75) is 6.10 Å². The van der Waals surface area contributed by atoms with Crippen molar-refractivity contribution >= 4 is 28.9 Å². The second-order valence-corrected chi connectivity index (χ2v) is 5.24. The van der Waals surface area contributed by atoms with E-state index in [1.165, 1.54) is 12.1 Å². The van der Waals surface area contributed by atoms with Crippen LogP contribution >= 0.6 is 23.2 Å². The van der Waals surface area contributed by atoms with Crippen LogP contribution in [0.2, 0.25) is 10.0 Å². The molecule has 0 aliphatic carbocycles. The Morgan fingerprint density at radius 1 is 1.19 bits per heavy atom. The maximum Gasteiger partial charge on any atom is 0.160 e. The molecule has 6 heteroatoms. The Morgan fingerprint density at radius 3 is 2.29 bits per heavy atom. The normalized spacial score (nSPS) is 12.0. The van der Waals surface area contributed by atoms with Gasteiger partial charge in [-0.15, -0.1) is 0 Å². The Kier molecular flexibility index (Phi) is 5.28. The van der Waals surface area contributed by atoms with Gasteiger partial charge in [-0.05, 0) is 29.8 Å². The number of nitrogens with one attached hydrogen (secondary N) is 1. The van der Waals surface area contributed by atoms with Crippen molar-refractivity contribution in [2.24, 2.45) is 0 Å². The van der Waals surface area contributed by atoms with E-state index in [2.05, 4.69) is 5.32 Å². The number of ether oxygens (including phenoxy) is 1. The van der Waals surface area contributed by atoms with Crippen molar-refractivity contribution in [1.82, 2.24) is 0 Å². The smallest absolute Gasteiger partial charge is 0.160 e. The lowest BCUT2D eigenvalue weighted by atomic mass is 10.1. The van der Waals surface area contributed by atoms with Crippen molar-refractivity contribution in [3.8, 4) is 5.75 Å². The number of hydrogen-bond acceptors (Lipinski definition) is 3. The summed E-state index contributed by atoms with van der Waals surface area (Å²) in [7, 11) is 1.58. The van der Waals surface area contributed by atoms with E-state index >= 15 is 0 Å². The first kappa shape index (κ1) is 15.9. The number of aliphatic hydroxyl groups is 1. The second-order valence-electron chi connectivity index (χ2n) is 4.42. The number of halogens is 3. The number of rotatable bonds is 5. The topological polar surface area (TPSA) is 41.5 Å². The summed E-state index contributed by atoms with van der Waals surface area (Å²) in [6.45, 7) is 0.241. The summed E-state index contributed by atoms with van der Waals surface area (Å²) < 4.78 is 18.3. The highest BCUT2D eigenvalue weighted by Gasteiger charge is 2.10. The average Bonchev–Trinajstić information content (AvgIpc) is 2.50. The van der Waals surface area contributed by atoms with Crippen molar-refractivity contribution in [3.63, 3.8) is 0 Å². The van der Waals surface area contributed by atoms with E-state index in [9.17, 15) is 9.50 Å². The molecule has 2 aromatic carbocycles. The molecule has 0 aliphatic heterocycles. The van der Waals surface area contributed by atoms with E-state index in [0.29, 0.717) is 5.69 Å². The van der Waals surface area contributed by atoms with Crippen LogP contribution in [0.3, 0.4) is 0 Å². The molecular weight excluding hydrogens is 316 g/mol. The third-order valence-corrected chi connectivity index (χ3v) is 3.53. The highest BCUT2D eigenvalue weighted by atomic mass is 35.5. The minimum absolute atomic E-state index is 0.0658. The molecule has 0 spiro atoms. The Hall–Kier alpha value is -1.49. The maximum atomic E-state index is 13.3. The van der Waals surface area contributed by atoms with Gasteiger partial charge in [-0.1, -0.05) is 35.3 Å². The molecule has 0 saturated heterocycles. The van der Waals surface area contributed by atoms with Gasteiger partial charge in [0.25, 0.3) is 0 Å². The number of benzene rings is 2. The summed E-state index contributed by atoms with van der Waals surface area (Å²) >= 11 is 11.4. The molecule has 0 bridgehead atoms. The predicted octanol–water partition coefficient (Wildman–Crippen LogP) is 4.29. The van der Waals surface area contributed by atoms with Gasteiger partial charge in [-0.3, -0.25) is 0 Å². The fraction of sp³-hybridized carbons (Fsp3) is 0.200. The molecule has 112 valence electrons. The molecule has 0 aliphatic rings. The molecular formula is C15H14Cl2FNO2. The van der Waals surface area contributed by atoms with E-state index < -0.39 is 11.9 Å². The van der Waals surface area contributed by atoms with Crippen LogP contribution in [0.15, 0.2) is 36.4 Å². The van der Waals surface area contributed by atoms with Gasteiger partial charge in [-0.25, -0.2) is 4.39 Å². The quantitative estimate of drug-likeness (QED) is 0.804. The molecule has 1 unspecified atom stereocenters. The highest BCUT2D eigenvalue weighted by molar-refractivity contribution is 6.35. The van der Waals surface area contributed by atoms with Crippen LogP contribution in [0.4, 0.5) is 10.1 Å². The Morgan fingerprint density at radius 2 is 1.76 bits per heavy atom. The standard InChI is InChI=1S/C15H14Cl2FNO2/c1-21-11-4-2-9(3-5-11)14(20)8-19-10-6-12(16)15(18)13(17)7-10/h2-7,14,19-20H,8H2,1H3. The van der Waals surface area contributed by atoms with Gasteiger partial charge in [0, 0.05) is 12.2 Å². The first-order valence-corrected chi connectivity index (χ1v) is 6.97. The SMILES string of the molecule is COc1ccc(C(O)CNc2cc(Cl)c(F)c(Cl)c2)cc1. The third kappa shape index (κ3) is 4.00. The van der Waals surface area contributed by atoms with Crippen LogP contribution in [0.25, 0.3) is 0 Å². The molecule has 3 nitrogen and oxygen atoms in total. The van der Waals surface area contributed by atoms with E-state index in [4.69, 9.17) is 27.9 Å². The van der Waals surface area contributed by atoms with Crippen molar-refractivity contribution in [1.29, 1.82) is 0 Å². The fourth-order valence-electron chi connectivity index (χ4n) is 1.82. The summed E-state index contributed by atoms with van der Waals surface area (Å²) in [5.41, 5.74) is 1.28. The van der Waals surface area contributed by atoms with Gasteiger partial charge in [0.05, 0.1) is 23.3 Å². The number of anilines is 1. The summed E-state index contributed by atoms with van der Waals surface area (Å²) in [6.07, 6.45) is -0.724. The van der Waals surface area contributed by atoms with Crippen LogP contribution in [0, 0.1) is 5.82 Å². The van der Waals surface area contributed by atoms with Gasteiger partial charge in [0.2, 0.25) is 0 Å². The molecule has 2 N–H and O–H groups in total. The predicted molar refractivity (Wildman–Crippen MR) is 82.9 cm³/mol. The molecule has 0 amide bonds. The summed E-state index contributed by atoms with van der Waals surface area (Å²) in [5, 5.41) is 12.9. The summed E-state index contributed by atoms with van der Waals surface area (Å²) in [4.78, 5) is 0. The van der Waals surface area contributed by atoms with Crippen molar-refractivity contribution < 1.29 is 14.2 Å². The molecule has 0 heterocycles. The lowest BCUT2D eigenvalue weighted by molar-refractivity contribution is 0.191. The summed E-state index contributed by atoms with van der Waals surface area (Å²) in [6, 6.07) is 9.92. The largest absolute Gasteiger partial charge is 0.497 e. The molecule has 2 aromatic rings. The molecule has 1 atom stereocenters. The van der Waals surface area contributed by atoms with Gasteiger partial charge >= 0.3 is 0 Å². The van der Waals surface area contributed by atoms with Crippen LogP contribution in [0.1, 0.15) is 11.7 Å². The zero-order valence-corrected chi connectivity index (χ0v) is 12.7. The third-order valence-electron chi connectivity index (χ3n) is 2.98. The van der Waals surface area contributed by atoms with Crippen LogP contribution in [0.5, 0.6) is 5.75 Å². The van der Waals surface area contributed by atoms with Gasteiger partial charge < -0.3 is 15.2 Å². The molecule has 0 saturated carbocycles. The fourth-order valence-corrected chi connectivity index (χ4v) is 2.30. The monoisotopic (exact) mass is 329 g/mol. The Bertz CT molecular complexity index is 597. The zero-order valence-electron chi connectivity index (χ0n) is 11.2. The van der Waals surface area contributed by atoms with Crippen LogP contribution < -0.4 is 10.1 Å². The minimum Gasteiger partial charge on any atom is -0.497 e. The lowest BCUT2D eigenvalue weighted by Gasteiger charge is -2.14. The number of methoxy groups -OCH3 is 1. The van der Waals surface area contributed by atoms with Gasteiger partial charge in [0.1, 0.15) is 5.75 Å². The van der Waals surface area contributed by atoms with E-state index in [1.807, 2.05) is 0 Å². The molecule has 21 heavy (non-hydrogen) atoms. The van der Waals surface area contributed by atoms with Gasteiger partial charge in [0.15, 0.2) is 5.82 Å². The zero-order chi connectivity index (χ0) is 15.4. The molecule has 0 fully saturated rings. The average molecular weight is 330 g/mol. The first-order valence-electron chi connectivity index (χ1n) is 6.21. The maximum absolute atomic E-state index is 13.3. The van der Waals surface area contributed by atoms with Crippen molar-refractivity contribution in [3.05, 3.63) is 57.8 Å². The van der Waals surface area contributed by atoms with Crippen LogP contribution in [-0.4, -0.2) is 18.8 Å². The number of hydrogen-bond donors (Lipinski definition) is 2. The van der Waals surface area contributed by atoms with Crippen molar-refractivity contribution in [2.75, 3.05) is 19.0 Å². The van der Waals surface area contributed by atoms with Crippen LogP contribution in [-0.2, 0) is 0 Å². The first-order chi connectivity index (χ1) is 10.0. The second kappa shape index (κ2) is 6.98. The minimum atomic E-state index is -0.724. The Balaban J connectivity index is 2.01. The van der Waals surface area contributed by atoms with E-state index in [-0.39, 0.29) is 16.6 Å².